The zero-order valence-electron chi connectivity index (χ0n) is 11.2. The van der Waals surface area contributed by atoms with Gasteiger partial charge in [-0.05, 0) is 52.7 Å². The summed E-state index contributed by atoms with van der Waals surface area (Å²) in [5, 5.41) is 3.63. The Hall–Kier alpha value is -0.800. The zero-order chi connectivity index (χ0) is 12.5. The lowest BCUT2D eigenvalue weighted by atomic mass is 9.93. The van der Waals surface area contributed by atoms with Gasteiger partial charge in [0.15, 0.2) is 0 Å². The largest absolute Gasteiger partial charge is 0.465 e. The second kappa shape index (κ2) is 4.83. The molecule has 3 heteroatoms. The molecule has 1 aromatic rings. The fraction of sp³-hybridized carbons (Fsp3) is 0.714. The summed E-state index contributed by atoms with van der Waals surface area (Å²) in [5.74, 6) is 1.99. The number of hydrogen-bond donors (Lipinski definition) is 1. The van der Waals surface area contributed by atoms with Gasteiger partial charge in [-0.15, -0.1) is 0 Å². The van der Waals surface area contributed by atoms with Gasteiger partial charge in [-0.1, -0.05) is 0 Å². The highest BCUT2D eigenvalue weighted by Crippen LogP contribution is 2.26. The SMILES string of the molecule is Cc1ccc(C(C)NC2CCOC(C)(C)C2)o1. The van der Waals surface area contributed by atoms with Crippen LogP contribution in [0.5, 0.6) is 0 Å². The predicted octanol–water partition coefficient (Wildman–Crippen LogP) is 3.20. The third-order valence-corrected chi connectivity index (χ3v) is 3.37. The van der Waals surface area contributed by atoms with Gasteiger partial charge >= 0.3 is 0 Å². The molecule has 2 rings (SSSR count). The Kier molecular flexibility index (Phi) is 3.59. The number of rotatable bonds is 3. The second-order valence-electron chi connectivity index (χ2n) is 5.63. The van der Waals surface area contributed by atoms with Crippen LogP contribution < -0.4 is 5.32 Å². The third-order valence-electron chi connectivity index (χ3n) is 3.37. The maximum absolute atomic E-state index is 5.72. The first-order chi connectivity index (χ1) is 7.96. The lowest BCUT2D eigenvalue weighted by Crippen LogP contribution is -2.44. The Balaban J connectivity index is 1.92. The average Bonchev–Trinajstić information content (AvgIpc) is 2.63. The first-order valence-electron chi connectivity index (χ1n) is 6.43. The van der Waals surface area contributed by atoms with Crippen molar-refractivity contribution in [1.82, 2.24) is 5.32 Å². The second-order valence-corrected chi connectivity index (χ2v) is 5.63. The van der Waals surface area contributed by atoms with Gasteiger partial charge in [0.1, 0.15) is 11.5 Å². The van der Waals surface area contributed by atoms with E-state index in [-0.39, 0.29) is 11.6 Å². The summed E-state index contributed by atoms with van der Waals surface area (Å²) in [6.45, 7) is 9.29. The van der Waals surface area contributed by atoms with E-state index in [2.05, 4.69) is 32.2 Å². The molecular weight excluding hydrogens is 214 g/mol. The minimum atomic E-state index is -0.00524. The molecule has 0 bridgehead atoms. The van der Waals surface area contributed by atoms with Crippen LogP contribution in [-0.4, -0.2) is 18.2 Å². The van der Waals surface area contributed by atoms with Crippen molar-refractivity contribution in [3.05, 3.63) is 23.7 Å². The molecule has 1 aliphatic rings. The maximum atomic E-state index is 5.72. The van der Waals surface area contributed by atoms with E-state index in [4.69, 9.17) is 9.15 Å². The van der Waals surface area contributed by atoms with Gasteiger partial charge in [-0.25, -0.2) is 0 Å². The summed E-state index contributed by atoms with van der Waals surface area (Å²) >= 11 is 0. The Bertz CT molecular complexity index is 370. The number of aryl methyl sites for hydroxylation is 1. The fourth-order valence-electron chi connectivity index (χ4n) is 2.50. The van der Waals surface area contributed by atoms with E-state index in [1.165, 1.54) is 0 Å². The first kappa shape index (κ1) is 12.7. The molecule has 1 aromatic heterocycles. The molecule has 1 aliphatic heterocycles. The van der Waals surface area contributed by atoms with E-state index in [1.807, 2.05) is 13.0 Å². The summed E-state index contributed by atoms with van der Waals surface area (Å²) in [6, 6.07) is 4.85. The van der Waals surface area contributed by atoms with Gasteiger partial charge in [-0.3, -0.25) is 0 Å². The standard InChI is InChI=1S/C14H23NO2/c1-10-5-6-13(17-10)11(2)15-12-7-8-16-14(3,4)9-12/h5-6,11-12,15H,7-9H2,1-4H3. The quantitative estimate of drug-likeness (QED) is 0.876. The van der Waals surface area contributed by atoms with Crippen LogP contribution in [0.2, 0.25) is 0 Å². The molecule has 1 N–H and O–H groups in total. The minimum Gasteiger partial charge on any atom is -0.465 e. The average molecular weight is 237 g/mol. The van der Waals surface area contributed by atoms with Gasteiger partial charge in [0.25, 0.3) is 0 Å². The number of hydrogen-bond acceptors (Lipinski definition) is 3. The van der Waals surface area contributed by atoms with E-state index in [0.717, 1.165) is 31.0 Å². The summed E-state index contributed by atoms with van der Waals surface area (Å²) in [4.78, 5) is 0. The van der Waals surface area contributed by atoms with Crippen LogP contribution in [0, 0.1) is 6.92 Å². The lowest BCUT2D eigenvalue weighted by molar-refractivity contribution is -0.0642. The Morgan fingerprint density at radius 1 is 1.41 bits per heavy atom. The minimum absolute atomic E-state index is 0.00524. The van der Waals surface area contributed by atoms with Crippen LogP contribution in [-0.2, 0) is 4.74 Å². The highest BCUT2D eigenvalue weighted by atomic mass is 16.5. The van der Waals surface area contributed by atoms with E-state index in [1.54, 1.807) is 0 Å². The van der Waals surface area contributed by atoms with E-state index >= 15 is 0 Å². The fourth-order valence-corrected chi connectivity index (χ4v) is 2.50. The van der Waals surface area contributed by atoms with E-state index in [9.17, 15) is 0 Å². The van der Waals surface area contributed by atoms with Crippen LogP contribution in [0.3, 0.4) is 0 Å². The predicted molar refractivity (Wildman–Crippen MR) is 68.0 cm³/mol. The van der Waals surface area contributed by atoms with Crippen molar-refractivity contribution in [2.75, 3.05) is 6.61 Å². The topological polar surface area (TPSA) is 34.4 Å². The van der Waals surface area contributed by atoms with E-state index in [0.29, 0.717) is 6.04 Å². The molecule has 3 nitrogen and oxygen atoms in total. The normalized spacial score (nSPS) is 25.8. The summed E-state index contributed by atoms with van der Waals surface area (Å²) < 4.78 is 11.4. The van der Waals surface area contributed by atoms with Gasteiger partial charge < -0.3 is 14.5 Å². The molecule has 2 heterocycles. The van der Waals surface area contributed by atoms with Crippen LogP contribution in [0.15, 0.2) is 16.5 Å². The zero-order valence-corrected chi connectivity index (χ0v) is 11.2. The van der Waals surface area contributed by atoms with Crippen molar-refractivity contribution < 1.29 is 9.15 Å². The summed E-state index contributed by atoms with van der Waals surface area (Å²) in [6.07, 6.45) is 2.13. The van der Waals surface area contributed by atoms with Gasteiger partial charge in [-0.2, -0.15) is 0 Å². The highest BCUT2D eigenvalue weighted by molar-refractivity contribution is 5.09. The van der Waals surface area contributed by atoms with Crippen molar-refractivity contribution in [3.8, 4) is 0 Å². The monoisotopic (exact) mass is 237 g/mol. The van der Waals surface area contributed by atoms with Crippen LogP contribution in [0.25, 0.3) is 0 Å². The lowest BCUT2D eigenvalue weighted by Gasteiger charge is -2.37. The van der Waals surface area contributed by atoms with Crippen LogP contribution in [0.1, 0.15) is 51.2 Å². The highest BCUT2D eigenvalue weighted by Gasteiger charge is 2.29. The first-order valence-corrected chi connectivity index (χ1v) is 6.43. The van der Waals surface area contributed by atoms with Gasteiger partial charge in [0, 0.05) is 12.6 Å². The van der Waals surface area contributed by atoms with Gasteiger partial charge in [0.2, 0.25) is 0 Å². The Labute approximate surface area is 104 Å². The number of nitrogens with one attached hydrogen (secondary N) is 1. The molecule has 0 aliphatic carbocycles. The molecule has 0 spiro atoms. The molecule has 2 unspecified atom stereocenters. The van der Waals surface area contributed by atoms with Crippen molar-refractivity contribution >= 4 is 0 Å². The molecule has 1 saturated heterocycles. The summed E-state index contributed by atoms with van der Waals surface area (Å²) in [5.41, 5.74) is -0.00524. The third kappa shape index (κ3) is 3.33. The van der Waals surface area contributed by atoms with Crippen molar-refractivity contribution in [2.45, 2.75) is 58.2 Å². The van der Waals surface area contributed by atoms with Crippen LogP contribution in [0.4, 0.5) is 0 Å². The Morgan fingerprint density at radius 3 is 2.76 bits per heavy atom. The van der Waals surface area contributed by atoms with E-state index < -0.39 is 0 Å². The maximum Gasteiger partial charge on any atom is 0.120 e. The smallest absolute Gasteiger partial charge is 0.120 e. The molecule has 17 heavy (non-hydrogen) atoms. The molecular formula is C14H23NO2. The molecule has 1 fully saturated rings. The van der Waals surface area contributed by atoms with Crippen molar-refractivity contribution in [1.29, 1.82) is 0 Å². The number of furan rings is 1. The van der Waals surface area contributed by atoms with Crippen LogP contribution >= 0.6 is 0 Å². The molecule has 0 amide bonds. The molecule has 0 aromatic carbocycles. The molecule has 0 saturated carbocycles. The summed E-state index contributed by atoms with van der Waals surface area (Å²) in [7, 11) is 0. The van der Waals surface area contributed by atoms with Crippen molar-refractivity contribution in [2.24, 2.45) is 0 Å². The number of ether oxygens (including phenoxy) is 1. The molecule has 2 atom stereocenters. The molecule has 96 valence electrons. The van der Waals surface area contributed by atoms with Crippen molar-refractivity contribution in [3.63, 3.8) is 0 Å². The Morgan fingerprint density at radius 2 is 2.18 bits per heavy atom. The molecule has 0 radical (unpaired) electrons. The van der Waals surface area contributed by atoms with Gasteiger partial charge in [0.05, 0.1) is 11.6 Å².